The second-order valence-corrected chi connectivity index (χ2v) is 7.99. The Balaban J connectivity index is 1.39. The number of benzene rings is 1. The van der Waals surface area contributed by atoms with E-state index in [1.54, 1.807) is 15.9 Å². The Bertz CT molecular complexity index is 1110. The third-order valence-corrected chi connectivity index (χ3v) is 5.80. The van der Waals surface area contributed by atoms with Gasteiger partial charge in [-0.2, -0.15) is 5.10 Å². The van der Waals surface area contributed by atoms with E-state index in [9.17, 15) is 4.79 Å². The van der Waals surface area contributed by atoms with Crippen LogP contribution in [0.4, 0.5) is 0 Å². The molecule has 0 fully saturated rings. The van der Waals surface area contributed by atoms with E-state index in [0.29, 0.717) is 25.4 Å². The minimum Gasteiger partial charge on any atom is -0.490 e. The van der Waals surface area contributed by atoms with Gasteiger partial charge in [0.1, 0.15) is 10.7 Å². The summed E-state index contributed by atoms with van der Waals surface area (Å²) >= 11 is 1.59. The van der Waals surface area contributed by atoms with Crippen molar-refractivity contribution in [3.63, 3.8) is 0 Å². The predicted octanol–water partition coefficient (Wildman–Crippen LogP) is 5.27. The smallest absolute Gasteiger partial charge is 0.305 e. The minimum atomic E-state index is -0.133. The molecule has 0 aliphatic rings. The van der Waals surface area contributed by atoms with Crippen LogP contribution in [0.25, 0.3) is 27.4 Å². The molecule has 0 saturated heterocycles. The average Bonchev–Trinajstić information content (AvgIpc) is 3.43. The van der Waals surface area contributed by atoms with E-state index in [1.807, 2.05) is 37.4 Å². The summed E-state index contributed by atoms with van der Waals surface area (Å²) in [6.45, 7) is 4.91. The number of carbonyl (C=O) groups is 1. The fourth-order valence-corrected chi connectivity index (χ4v) is 4.06. The zero-order valence-corrected chi connectivity index (χ0v) is 18.0. The number of aromatic nitrogens is 3. The van der Waals surface area contributed by atoms with Crippen molar-refractivity contribution in [2.24, 2.45) is 0 Å². The van der Waals surface area contributed by atoms with Crippen LogP contribution in [-0.2, 0) is 16.0 Å². The normalized spacial score (nSPS) is 11.4. The Kier molecular flexibility index (Phi) is 6.32. The molecule has 4 rings (SSSR count). The highest BCUT2D eigenvalue weighted by Gasteiger charge is 2.15. The molecule has 0 aliphatic carbocycles. The number of rotatable bonds is 10. The van der Waals surface area contributed by atoms with Crippen molar-refractivity contribution in [2.45, 2.75) is 46.0 Å². The molecule has 0 radical (unpaired) electrons. The highest BCUT2D eigenvalue weighted by molar-refractivity contribution is 7.16. The molecule has 7 nitrogen and oxygen atoms in total. The molecule has 1 aromatic carbocycles. The lowest BCUT2D eigenvalue weighted by Crippen LogP contribution is -2.04. The van der Waals surface area contributed by atoms with Crippen LogP contribution in [0.1, 0.15) is 44.5 Å². The van der Waals surface area contributed by atoms with Crippen molar-refractivity contribution in [1.29, 1.82) is 0 Å². The van der Waals surface area contributed by atoms with E-state index in [-0.39, 0.29) is 5.97 Å². The Morgan fingerprint density at radius 3 is 2.93 bits per heavy atom. The van der Waals surface area contributed by atoms with Gasteiger partial charge in [0.25, 0.3) is 0 Å². The van der Waals surface area contributed by atoms with Crippen LogP contribution in [0.15, 0.2) is 34.9 Å². The second-order valence-electron chi connectivity index (χ2n) is 6.95. The van der Waals surface area contributed by atoms with Crippen LogP contribution >= 0.6 is 11.3 Å². The molecule has 3 aromatic heterocycles. The van der Waals surface area contributed by atoms with Gasteiger partial charge in [-0.05, 0) is 44.7 Å². The minimum absolute atomic E-state index is 0.133. The lowest BCUT2D eigenvalue weighted by atomic mass is 10.2. The Morgan fingerprint density at radius 1 is 1.23 bits per heavy atom. The molecule has 8 heteroatoms. The first-order valence-corrected chi connectivity index (χ1v) is 11.2. The number of carbonyl (C=O) groups excluding carboxylic acids is 1. The molecule has 0 N–H and O–H groups in total. The Labute approximate surface area is 178 Å². The molecular formula is C22H25N3O4S. The highest BCUT2D eigenvalue weighted by atomic mass is 32.1. The number of ether oxygens (including phenoxy) is 2. The summed E-state index contributed by atoms with van der Waals surface area (Å²) in [5, 5.41) is 6.55. The van der Waals surface area contributed by atoms with E-state index in [2.05, 4.69) is 17.0 Å². The average molecular weight is 428 g/mol. The number of hydrogen-bond donors (Lipinski definition) is 0. The molecule has 30 heavy (non-hydrogen) atoms. The zero-order chi connectivity index (χ0) is 20.9. The van der Waals surface area contributed by atoms with Crippen LogP contribution in [0.5, 0.6) is 5.75 Å². The molecule has 158 valence electrons. The second kappa shape index (κ2) is 9.30. The van der Waals surface area contributed by atoms with Gasteiger partial charge >= 0.3 is 5.97 Å². The summed E-state index contributed by atoms with van der Waals surface area (Å²) < 4.78 is 18.8. The molecular weight excluding hydrogens is 402 g/mol. The van der Waals surface area contributed by atoms with Crippen LogP contribution < -0.4 is 4.74 Å². The Hall–Kier alpha value is -2.87. The quantitative estimate of drug-likeness (QED) is 0.253. The number of hydrogen-bond acceptors (Lipinski definition) is 7. The summed E-state index contributed by atoms with van der Waals surface area (Å²) in [5.41, 5.74) is 1.48. The summed E-state index contributed by atoms with van der Waals surface area (Å²) in [7, 11) is 0. The third kappa shape index (κ3) is 4.48. The van der Waals surface area contributed by atoms with Crippen molar-refractivity contribution in [3.05, 3.63) is 35.5 Å². The van der Waals surface area contributed by atoms with Gasteiger partial charge in [-0.15, -0.1) is 0 Å². The van der Waals surface area contributed by atoms with Gasteiger partial charge in [-0.3, -0.25) is 4.79 Å². The topological polar surface area (TPSA) is 78.9 Å². The molecule has 0 spiro atoms. The van der Waals surface area contributed by atoms with Crippen LogP contribution in [0.2, 0.25) is 0 Å². The number of furan rings is 1. The fourth-order valence-electron chi connectivity index (χ4n) is 3.24. The van der Waals surface area contributed by atoms with E-state index in [1.165, 1.54) is 0 Å². The fraction of sp³-hybridized carbons (Fsp3) is 0.409. The number of imidazole rings is 1. The number of aryl methyl sites for hydroxylation is 1. The molecule has 0 unspecified atom stereocenters. The summed E-state index contributed by atoms with van der Waals surface area (Å²) in [5.74, 6) is 1.29. The van der Waals surface area contributed by atoms with Gasteiger partial charge in [-0.25, -0.2) is 9.50 Å². The summed E-state index contributed by atoms with van der Waals surface area (Å²) in [4.78, 5) is 16.9. The molecule has 0 aliphatic heterocycles. The Morgan fingerprint density at radius 2 is 2.13 bits per heavy atom. The lowest BCUT2D eigenvalue weighted by molar-refractivity contribution is -0.143. The van der Waals surface area contributed by atoms with Crippen LogP contribution in [-0.4, -0.2) is 33.8 Å². The summed E-state index contributed by atoms with van der Waals surface area (Å²) in [6.07, 6.45) is 5.84. The maximum atomic E-state index is 11.4. The molecule has 0 bridgehead atoms. The maximum absolute atomic E-state index is 11.4. The van der Waals surface area contributed by atoms with Crippen LogP contribution in [0, 0.1) is 0 Å². The summed E-state index contributed by atoms with van der Waals surface area (Å²) in [6, 6.07) is 7.85. The van der Waals surface area contributed by atoms with Crippen molar-refractivity contribution < 1.29 is 18.7 Å². The first-order chi connectivity index (χ1) is 14.7. The van der Waals surface area contributed by atoms with Crippen molar-refractivity contribution in [1.82, 2.24) is 14.6 Å². The van der Waals surface area contributed by atoms with E-state index >= 15 is 0 Å². The SMILES string of the molecule is CCOC(=O)CCCCCOc1cccc2cc(-c3cn4nc(CC)sc4n3)oc12. The lowest BCUT2D eigenvalue weighted by Gasteiger charge is -2.06. The van der Waals surface area contributed by atoms with Crippen molar-refractivity contribution in [3.8, 4) is 17.2 Å². The molecule has 3 heterocycles. The molecule has 0 atom stereocenters. The first kappa shape index (κ1) is 20.4. The zero-order valence-electron chi connectivity index (χ0n) is 17.2. The van der Waals surface area contributed by atoms with E-state index in [4.69, 9.17) is 13.9 Å². The number of nitrogens with zero attached hydrogens (tertiary/aromatic N) is 3. The maximum Gasteiger partial charge on any atom is 0.305 e. The van der Waals surface area contributed by atoms with E-state index in [0.717, 1.165) is 58.1 Å². The largest absolute Gasteiger partial charge is 0.490 e. The van der Waals surface area contributed by atoms with Gasteiger partial charge in [0.05, 0.1) is 19.4 Å². The van der Waals surface area contributed by atoms with Gasteiger partial charge in [0.15, 0.2) is 17.1 Å². The van der Waals surface area contributed by atoms with E-state index < -0.39 is 0 Å². The molecule has 4 aromatic rings. The number of para-hydroxylation sites is 1. The van der Waals surface area contributed by atoms with Gasteiger partial charge in [-0.1, -0.05) is 30.4 Å². The van der Waals surface area contributed by atoms with Crippen molar-refractivity contribution in [2.75, 3.05) is 13.2 Å². The van der Waals surface area contributed by atoms with Gasteiger partial charge < -0.3 is 13.9 Å². The number of unbranched alkanes of at least 4 members (excludes halogenated alkanes) is 2. The number of esters is 1. The monoisotopic (exact) mass is 427 g/mol. The standard InChI is InChI=1S/C22H25N3O4S/c1-3-19-24-25-14-16(23-22(25)30-19)18-13-15-9-8-10-17(21(15)29-18)28-12-7-5-6-11-20(26)27-4-2/h8-10,13-14H,3-7,11-12H2,1-2H3. The highest BCUT2D eigenvalue weighted by Crippen LogP contribution is 2.33. The number of fused-ring (bicyclic) bond motifs is 2. The molecule has 0 amide bonds. The van der Waals surface area contributed by atoms with Gasteiger partial charge in [0.2, 0.25) is 4.96 Å². The van der Waals surface area contributed by atoms with Gasteiger partial charge in [0, 0.05) is 11.8 Å². The van der Waals surface area contributed by atoms with Crippen LogP contribution in [0.3, 0.4) is 0 Å². The third-order valence-electron chi connectivity index (χ3n) is 4.74. The first-order valence-electron chi connectivity index (χ1n) is 10.3. The molecule has 0 saturated carbocycles. The van der Waals surface area contributed by atoms with Crippen molar-refractivity contribution >= 4 is 33.2 Å². The predicted molar refractivity (Wildman–Crippen MR) is 116 cm³/mol.